The van der Waals surface area contributed by atoms with Crippen molar-refractivity contribution < 1.29 is 4.79 Å². The summed E-state index contributed by atoms with van der Waals surface area (Å²) in [5, 5.41) is 0. The quantitative estimate of drug-likeness (QED) is 0.578. The molecular weight excluding hydrogens is 220 g/mol. The van der Waals surface area contributed by atoms with Crippen LogP contribution in [0, 0.1) is 0 Å². The molecule has 2 aliphatic rings. The molecule has 0 atom stereocenters. The van der Waals surface area contributed by atoms with Crippen molar-refractivity contribution in [1.29, 1.82) is 0 Å². The van der Waals surface area contributed by atoms with E-state index in [2.05, 4.69) is 18.2 Å². The monoisotopic (exact) mass is 232 g/mol. The van der Waals surface area contributed by atoms with Crippen LogP contribution in [0.5, 0.6) is 0 Å². The summed E-state index contributed by atoms with van der Waals surface area (Å²) in [5.74, 6) is 0.168. The molecule has 0 radical (unpaired) electrons. The van der Waals surface area contributed by atoms with E-state index in [1.54, 1.807) is 0 Å². The number of rotatable bonds is 0. The second-order valence-electron chi connectivity index (χ2n) is 4.87. The second kappa shape index (κ2) is 3.42. The summed E-state index contributed by atoms with van der Waals surface area (Å²) in [6.07, 6.45) is 4.38. The lowest BCUT2D eigenvalue weighted by Gasteiger charge is -2.26. The van der Waals surface area contributed by atoms with Crippen molar-refractivity contribution in [2.45, 2.75) is 12.8 Å². The molecule has 4 rings (SSSR count). The average molecular weight is 232 g/mol. The van der Waals surface area contributed by atoms with Crippen molar-refractivity contribution in [3.8, 4) is 0 Å². The lowest BCUT2D eigenvalue weighted by Crippen LogP contribution is -2.17. The lowest BCUT2D eigenvalue weighted by atomic mass is 9.76. The lowest BCUT2D eigenvalue weighted by molar-refractivity contribution is 0.103. The number of benzene rings is 2. The van der Waals surface area contributed by atoms with Crippen molar-refractivity contribution in [2.75, 3.05) is 0 Å². The van der Waals surface area contributed by atoms with Gasteiger partial charge in [0.25, 0.3) is 0 Å². The molecule has 0 N–H and O–H groups in total. The predicted molar refractivity (Wildman–Crippen MR) is 71.7 cm³/mol. The molecule has 0 heterocycles. The SMILES string of the molecule is O=C1c2ccccc2C2=CCCc3cccc1c32. The van der Waals surface area contributed by atoms with E-state index in [0.717, 1.165) is 29.5 Å². The largest absolute Gasteiger partial charge is 0.289 e. The van der Waals surface area contributed by atoms with Crippen LogP contribution in [0.1, 0.15) is 39.0 Å². The first-order valence-corrected chi connectivity index (χ1v) is 6.33. The first-order valence-electron chi connectivity index (χ1n) is 6.33. The van der Waals surface area contributed by atoms with Gasteiger partial charge in [-0.05, 0) is 35.1 Å². The Hall–Kier alpha value is -2.15. The molecule has 2 aliphatic carbocycles. The van der Waals surface area contributed by atoms with Crippen molar-refractivity contribution in [3.05, 3.63) is 76.4 Å². The highest BCUT2D eigenvalue weighted by molar-refractivity contribution is 6.19. The van der Waals surface area contributed by atoms with Crippen LogP contribution >= 0.6 is 0 Å². The van der Waals surface area contributed by atoms with Crippen LogP contribution in [0.25, 0.3) is 5.57 Å². The topological polar surface area (TPSA) is 17.1 Å². The summed E-state index contributed by atoms with van der Waals surface area (Å²) in [5.41, 5.74) is 6.55. The van der Waals surface area contributed by atoms with Gasteiger partial charge in [0.2, 0.25) is 0 Å². The van der Waals surface area contributed by atoms with Crippen molar-refractivity contribution in [1.82, 2.24) is 0 Å². The third-order valence-electron chi connectivity index (χ3n) is 3.89. The summed E-state index contributed by atoms with van der Waals surface area (Å²) in [7, 11) is 0. The van der Waals surface area contributed by atoms with E-state index < -0.39 is 0 Å². The first kappa shape index (κ1) is 9.84. The van der Waals surface area contributed by atoms with Crippen LogP contribution in [-0.4, -0.2) is 5.78 Å². The van der Waals surface area contributed by atoms with Gasteiger partial charge in [-0.1, -0.05) is 48.5 Å². The van der Waals surface area contributed by atoms with E-state index in [9.17, 15) is 4.79 Å². The van der Waals surface area contributed by atoms with Gasteiger partial charge in [0.1, 0.15) is 0 Å². The highest BCUT2D eigenvalue weighted by atomic mass is 16.1. The van der Waals surface area contributed by atoms with Gasteiger partial charge in [0, 0.05) is 11.1 Å². The van der Waals surface area contributed by atoms with Crippen LogP contribution in [0.4, 0.5) is 0 Å². The molecular formula is C17H12O. The number of ketones is 1. The summed E-state index contributed by atoms with van der Waals surface area (Å²) < 4.78 is 0. The van der Waals surface area contributed by atoms with E-state index in [4.69, 9.17) is 0 Å². The Morgan fingerprint density at radius 1 is 0.833 bits per heavy atom. The molecule has 0 saturated carbocycles. The maximum Gasteiger partial charge on any atom is 0.194 e. The minimum Gasteiger partial charge on any atom is -0.289 e. The van der Waals surface area contributed by atoms with Gasteiger partial charge in [-0.3, -0.25) is 4.79 Å². The summed E-state index contributed by atoms with van der Waals surface area (Å²) >= 11 is 0. The molecule has 1 heteroatoms. The Kier molecular flexibility index (Phi) is 1.87. The molecule has 0 aromatic heterocycles. The zero-order chi connectivity index (χ0) is 12.1. The number of allylic oxidation sites excluding steroid dienone is 1. The van der Waals surface area contributed by atoms with Gasteiger partial charge >= 0.3 is 0 Å². The number of hydrogen-bond donors (Lipinski definition) is 0. The normalized spacial score (nSPS) is 15.8. The van der Waals surface area contributed by atoms with E-state index in [1.165, 1.54) is 16.7 Å². The second-order valence-corrected chi connectivity index (χ2v) is 4.87. The van der Waals surface area contributed by atoms with Crippen LogP contribution in [0.3, 0.4) is 0 Å². The van der Waals surface area contributed by atoms with Gasteiger partial charge in [0.05, 0.1) is 0 Å². The van der Waals surface area contributed by atoms with Gasteiger partial charge < -0.3 is 0 Å². The van der Waals surface area contributed by atoms with E-state index in [1.807, 2.05) is 30.3 Å². The molecule has 1 nitrogen and oxygen atoms in total. The standard InChI is InChI=1S/C17H12O/c18-17-14-8-2-1-7-12(14)13-9-3-5-11-6-4-10-15(17)16(11)13/h1-2,4,6-10H,3,5H2. The molecule has 0 saturated heterocycles. The molecule has 2 aromatic carbocycles. The highest BCUT2D eigenvalue weighted by Gasteiger charge is 2.29. The molecule has 86 valence electrons. The highest BCUT2D eigenvalue weighted by Crippen LogP contribution is 2.40. The van der Waals surface area contributed by atoms with Gasteiger partial charge in [0.15, 0.2) is 5.78 Å². The van der Waals surface area contributed by atoms with Gasteiger partial charge in [-0.25, -0.2) is 0 Å². The number of fused-ring (bicyclic) bond motifs is 2. The van der Waals surface area contributed by atoms with Crippen LogP contribution in [-0.2, 0) is 6.42 Å². The van der Waals surface area contributed by atoms with Gasteiger partial charge in [-0.2, -0.15) is 0 Å². The van der Waals surface area contributed by atoms with Gasteiger partial charge in [-0.15, -0.1) is 0 Å². The third kappa shape index (κ3) is 1.14. The average Bonchev–Trinajstić information content (AvgIpc) is 2.44. The smallest absolute Gasteiger partial charge is 0.194 e. The minimum absolute atomic E-state index is 0.168. The Morgan fingerprint density at radius 2 is 1.61 bits per heavy atom. The fourth-order valence-corrected chi connectivity index (χ4v) is 3.10. The first-order chi connectivity index (χ1) is 8.86. The summed E-state index contributed by atoms with van der Waals surface area (Å²) in [6, 6.07) is 14.0. The fraction of sp³-hybridized carbons (Fsp3) is 0.118. The number of carbonyl (C=O) groups is 1. The molecule has 0 amide bonds. The number of carbonyl (C=O) groups excluding carboxylic acids is 1. The zero-order valence-electron chi connectivity index (χ0n) is 9.94. The maximum absolute atomic E-state index is 12.5. The van der Waals surface area contributed by atoms with Crippen LogP contribution in [0.2, 0.25) is 0 Å². The fourth-order valence-electron chi connectivity index (χ4n) is 3.10. The van der Waals surface area contributed by atoms with Crippen LogP contribution in [0.15, 0.2) is 48.5 Å². The molecule has 0 fully saturated rings. The van der Waals surface area contributed by atoms with E-state index in [0.29, 0.717) is 0 Å². The number of aryl methyl sites for hydroxylation is 1. The molecule has 18 heavy (non-hydrogen) atoms. The van der Waals surface area contributed by atoms with Crippen LogP contribution < -0.4 is 0 Å². The summed E-state index contributed by atoms with van der Waals surface area (Å²) in [6.45, 7) is 0. The Balaban J connectivity index is 2.13. The Bertz CT molecular complexity index is 707. The number of hydrogen-bond acceptors (Lipinski definition) is 1. The molecule has 0 unspecified atom stereocenters. The molecule has 0 spiro atoms. The molecule has 0 aliphatic heterocycles. The van der Waals surface area contributed by atoms with Crippen molar-refractivity contribution in [3.63, 3.8) is 0 Å². The predicted octanol–water partition coefficient (Wildman–Crippen LogP) is 3.61. The van der Waals surface area contributed by atoms with Crippen molar-refractivity contribution in [2.24, 2.45) is 0 Å². The molecule has 2 aromatic rings. The molecule has 0 bridgehead atoms. The Morgan fingerprint density at radius 3 is 2.50 bits per heavy atom. The minimum atomic E-state index is 0.168. The van der Waals surface area contributed by atoms with E-state index in [-0.39, 0.29) is 5.78 Å². The van der Waals surface area contributed by atoms with E-state index >= 15 is 0 Å². The summed E-state index contributed by atoms with van der Waals surface area (Å²) in [4.78, 5) is 12.5. The zero-order valence-corrected chi connectivity index (χ0v) is 9.94. The Labute approximate surface area is 106 Å². The van der Waals surface area contributed by atoms with Crippen molar-refractivity contribution >= 4 is 11.4 Å². The third-order valence-corrected chi connectivity index (χ3v) is 3.89. The maximum atomic E-state index is 12.5.